The summed E-state index contributed by atoms with van der Waals surface area (Å²) in [7, 11) is -3.52. The fraction of sp³-hybridized carbons (Fsp3) is 0.278. The van der Waals surface area contributed by atoms with Gasteiger partial charge >= 0.3 is 0 Å². The van der Waals surface area contributed by atoms with Crippen LogP contribution in [0.15, 0.2) is 47.4 Å². The molecule has 0 aromatic heterocycles. The lowest BCUT2D eigenvalue weighted by Gasteiger charge is -2.19. The van der Waals surface area contributed by atoms with E-state index in [1.54, 1.807) is 6.92 Å². The van der Waals surface area contributed by atoms with Gasteiger partial charge in [0.1, 0.15) is 13.2 Å². The monoisotopic (exact) mass is 376 g/mol. The molecule has 0 unspecified atom stereocenters. The van der Waals surface area contributed by atoms with Gasteiger partial charge in [-0.15, -0.1) is 0 Å². The summed E-state index contributed by atoms with van der Waals surface area (Å²) in [6.07, 6.45) is 0. The van der Waals surface area contributed by atoms with Crippen LogP contribution in [0.5, 0.6) is 11.5 Å². The molecule has 2 aromatic rings. The van der Waals surface area contributed by atoms with Crippen LogP contribution >= 0.6 is 0 Å². The maximum atomic E-state index is 12.3. The molecule has 1 amide bonds. The predicted molar refractivity (Wildman–Crippen MR) is 95.9 cm³/mol. The van der Waals surface area contributed by atoms with Gasteiger partial charge < -0.3 is 14.8 Å². The van der Waals surface area contributed by atoms with Crippen LogP contribution in [-0.4, -0.2) is 34.1 Å². The van der Waals surface area contributed by atoms with Crippen molar-refractivity contribution in [2.24, 2.45) is 0 Å². The molecule has 8 heteroatoms. The smallest absolute Gasteiger partial charge is 0.251 e. The minimum atomic E-state index is -3.52. The standard InChI is InChI=1S/C18H20N2O5S/c1-2-20-26(22,23)15-6-4-14(5-7-15)18(21)19-12-13-3-8-16-17(11-13)25-10-9-24-16/h3-8,11,20H,2,9-10,12H2,1H3,(H,19,21). The van der Waals surface area contributed by atoms with Crippen LogP contribution in [-0.2, 0) is 16.6 Å². The first-order valence-corrected chi connectivity index (χ1v) is 9.74. The van der Waals surface area contributed by atoms with Crippen molar-refractivity contribution in [2.75, 3.05) is 19.8 Å². The number of benzene rings is 2. The van der Waals surface area contributed by atoms with Gasteiger partial charge in [0, 0.05) is 18.7 Å². The number of ether oxygens (including phenoxy) is 2. The van der Waals surface area contributed by atoms with E-state index in [0.717, 1.165) is 5.56 Å². The summed E-state index contributed by atoms with van der Waals surface area (Å²) >= 11 is 0. The number of carbonyl (C=O) groups excluding carboxylic acids is 1. The second kappa shape index (κ2) is 7.76. The van der Waals surface area contributed by atoms with Crippen LogP contribution in [0.1, 0.15) is 22.8 Å². The highest BCUT2D eigenvalue weighted by Gasteiger charge is 2.14. The van der Waals surface area contributed by atoms with Gasteiger partial charge in [-0.2, -0.15) is 0 Å². The summed E-state index contributed by atoms with van der Waals surface area (Å²) < 4.78 is 37.2. The molecule has 0 saturated heterocycles. The van der Waals surface area contributed by atoms with Gasteiger partial charge in [-0.25, -0.2) is 13.1 Å². The van der Waals surface area contributed by atoms with E-state index in [-0.39, 0.29) is 10.8 Å². The average molecular weight is 376 g/mol. The van der Waals surface area contributed by atoms with Gasteiger partial charge in [0.15, 0.2) is 11.5 Å². The molecule has 1 aliphatic rings. The SMILES string of the molecule is CCNS(=O)(=O)c1ccc(C(=O)NCc2ccc3c(c2)OCCO3)cc1. The summed E-state index contributed by atoms with van der Waals surface area (Å²) in [6, 6.07) is 11.3. The first kappa shape index (κ1) is 18.2. The molecule has 2 N–H and O–H groups in total. The zero-order valence-corrected chi connectivity index (χ0v) is 15.1. The van der Waals surface area contributed by atoms with Crippen molar-refractivity contribution in [1.82, 2.24) is 10.0 Å². The largest absolute Gasteiger partial charge is 0.486 e. The van der Waals surface area contributed by atoms with Crippen molar-refractivity contribution in [2.45, 2.75) is 18.4 Å². The molecule has 2 aromatic carbocycles. The Hall–Kier alpha value is -2.58. The molecule has 0 spiro atoms. The number of sulfonamides is 1. The van der Waals surface area contributed by atoms with E-state index in [1.807, 2.05) is 18.2 Å². The Bertz CT molecular complexity index is 894. The van der Waals surface area contributed by atoms with Gasteiger partial charge in [-0.05, 0) is 42.0 Å². The highest BCUT2D eigenvalue weighted by Crippen LogP contribution is 2.30. The van der Waals surface area contributed by atoms with Crippen LogP contribution < -0.4 is 19.5 Å². The zero-order chi connectivity index (χ0) is 18.6. The lowest BCUT2D eigenvalue weighted by Crippen LogP contribution is -2.24. The van der Waals surface area contributed by atoms with E-state index in [4.69, 9.17) is 9.47 Å². The molecule has 1 heterocycles. The third-order valence-electron chi connectivity index (χ3n) is 3.82. The highest BCUT2D eigenvalue weighted by molar-refractivity contribution is 7.89. The maximum Gasteiger partial charge on any atom is 0.251 e. The van der Waals surface area contributed by atoms with Crippen LogP contribution in [0.3, 0.4) is 0 Å². The fourth-order valence-electron chi connectivity index (χ4n) is 2.54. The van der Waals surface area contributed by atoms with Crippen molar-refractivity contribution in [3.8, 4) is 11.5 Å². The molecule has 26 heavy (non-hydrogen) atoms. The summed E-state index contributed by atoms with van der Waals surface area (Å²) in [5.74, 6) is 1.08. The maximum absolute atomic E-state index is 12.3. The first-order chi connectivity index (χ1) is 12.5. The topological polar surface area (TPSA) is 93.7 Å². The van der Waals surface area contributed by atoms with Gasteiger partial charge in [-0.1, -0.05) is 13.0 Å². The Kier molecular flexibility index (Phi) is 5.43. The minimum absolute atomic E-state index is 0.128. The van der Waals surface area contributed by atoms with Gasteiger partial charge in [0.25, 0.3) is 5.91 Å². The fourth-order valence-corrected chi connectivity index (χ4v) is 3.58. The molecule has 0 saturated carbocycles. The first-order valence-electron chi connectivity index (χ1n) is 8.26. The Morgan fingerprint density at radius 1 is 1.04 bits per heavy atom. The van der Waals surface area contributed by atoms with Gasteiger partial charge in [0.2, 0.25) is 10.0 Å². The summed E-state index contributed by atoms with van der Waals surface area (Å²) in [4.78, 5) is 12.4. The number of amides is 1. The van der Waals surface area contributed by atoms with E-state index >= 15 is 0 Å². The molecule has 0 atom stereocenters. The summed E-state index contributed by atoms with van der Waals surface area (Å²) in [5.41, 5.74) is 1.27. The van der Waals surface area contributed by atoms with E-state index in [1.165, 1.54) is 24.3 Å². The van der Waals surface area contributed by atoms with Crippen molar-refractivity contribution in [3.63, 3.8) is 0 Å². The van der Waals surface area contributed by atoms with Gasteiger partial charge in [-0.3, -0.25) is 4.79 Å². The molecule has 0 aliphatic carbocycles. The molecule has 138 valence electrons. The second-order valence-corrected chi connectivity index (χ2v) is 7.45. The van der Waals surface area contributed by atoms with Crippen molar-refractivity contribution >= 4 is 15.9 Å². The molecular formula is C18H20N2O5S. The molecule has 0 radical (unpaired) electrons. The van der Waals surface area contributed by atoms with Crippen LogP contribution in [0, 0.1) is 0 Å². The number of hydrogen-bond acceptors (Lipinski definition) is 5. The van der Waals surface area contributed by atoms with Crippen LogP contribution in [0.25, 0.3) is 0 Å². The minimum Gasteiger partial charge on any atom is -0.486 e. The molecule has 1 aliphatic heterocycles. The van der Waals surface area contributed by atoms with Crippen LogP contribution in [0.2, 0.25) is 0 Å². The van der Waals surface area contributed by atoms with E-state index < -0.39 is 10.0 Å². The van der Waals surface area contributed by atoms with Crippen molar-refractivity contribution in [3.05, 3.63) is 53.6 Å². The summed E-state index contributed by atoms with van der Waals surface area (Å²) in [6.45, 7) is 3.37. The third-order valence-corrected chi connectivity index (χ3v) is 5.38. The number of fused-ring (bicyclic) bond motifs is 1. The molecule has 0 fully saturated rings. The lowest BCUT2D eigenvalue weighted by atomic mass is 10.1. The van der Waals surface area contributed by atoms with Crippen molar-refractivity contribution in [1.29, 1.82) is 0 Å². The number of nitrogens with one attached hydrogen (secondary N) is 2. The molecular weight excluding hydrogens is 356 g/mol. The third kappa shape index (κ3) is 4.14. The normalized spacial score (nSPS) is 13.3. The number of rotatable bonds is 6. The van der Waals surface area contributed by atoms with E-state index in [2.05, 4.69) is 10.0 Å². The molecule has 0 bridgehead atoms. The van der Waals surface area contributed by atoms with E-state index in [9.17, 15) is 13.2 Å². The highest BCUT2D eigenvalue weighted by atomic mass is 32.2. The quantitative estimate of drug-likeness (QED) is 0.800. The van der Waals surface area contributed by atoms with Crippen molar-refractivity contribution < 1.29 is 22.7 Å². The Labute approximate surface area is 152 Å². The summed E-state index contributed by atoms with van der Waals surface area (Å²) in [5, 5.41) is 2.81. The predicted octanol–water partition coefficient (Wildman–Crippen LogP) is 1.69. The number of carbonyl (C=O) groups is 1. The van der Waals surface area contributed by atoms with Crippen LogP contribution in [0.4, 0.5) is 0 Å². The zero-order valence-electron chi connectivity index (χ0n) is 14.3. The lowest BCUT2D eigenvalue weighted by molar-refractivity contribution is 0.0950. The molecule has 3 rings (SSSR count). The van der Waals surface area contributed by atoms with Gasteiger partial charge in [0.05, 0.1) is 4.90 Å². The second-order valence-electron chi connectivity index (χ2n) is 5.69. The van der Waals surface area contributed by atoms with E-state index in [0.29, 0.717) is 43.4 Å². The Balaban J connectivity index is 1.63. The Morgan fingerprint density at radius 3 is 2.42 bits per heavy atom. The average Bonchev–Trinajstić information content (AvgIpc) is 2.66. The number of hydrogen-bond donors (Lipinski definition) is 2. The Morgan fingerprint density at radius 2 is 1.73 bits per heavy atom. The molecule has 7 nitrogen and oxygen atoms in total.